The van der Waals surface area contributed by atoms with Gasteiger partial charge in [-0.15, -0.1) is 0 Å². The molecule has 9 nitrogen and oxygen atoms in total. The Kier molecular flexibility index (Phi) is 4.52. The maximum Gasteiger partial charge on any atom is 0.333 e. The fraction of sp³-hybridized carbons (Fsp3) is 0.222. The number of methoxy groups -OCH3 is 2. The van der Waals surface area contributed by atoms with Gasteiger partial charge in [0.05, 0.1) is 31.2 Å². The standard InChI is InChI=1S/C18H15FN4O5/c1-9-13-15(23(22-9)11-6-4-10(19)5-7-11)28-14(21)12(8-20)18(13,16(24)26-2)17(25)27-3/h4-7H,21H2,1-3H3. The number of hydrogen-bond donors (Lipinski definition) is 1. The summed E-state index contributed by atoms with van der Waals surface area (Å²) in [4.78, 5) is 25.6. The topological polar surface area (TPSA) is 129 Å². The van der Waals surface area contributed by atoms with Crippen molar-refractivity contribution >= 4 is 11.9 Å². The van der Waals surface area contributed by atoms with E-state index in [-0.39, 0.29) is 17.1 Å². The van der Waals surface area contributed by atoms with E-state index >= 15 is 0 Å². The molecule has 0 atom stereocenters. The number of nitrogens with zero attached hydrogens (tertiary/aromatic N) is 3. The van der Waals surface area contributed by atoms with E-state index in [4.69, 9.17) is 19.9 Å². The maximum absolute atomic E-state index is 13.3. The quantitative estimate of drug-likeness (QED) is 0.611. The summed E-state index contributed by atoms with van der Waals surface area (Å²) in [5.41, 5.74) is 3.61. The van der Waals surface area contributed by atoms with Crippen LogP contribution in [-0.4, -0.2) is 35.9 Å². The van der Waals surface area contributed by atoms with Gasteiger partial charge in [0.1, 0.15) is 17.5 Å². The third kappa shape index (κ3) is 2.40. The van der Waals surface area contributed by atoms with Crippen molar-refractivity contribution in [1.29, 1.82) is 5.26 Å². The van der Waals surface area contributed by atoms with Gasteiger partial charge in [0, 0.05) is 0 Å². The second-order valence-corrected chi connectivity index (χ2v) is 5.84. The number of nitrogens with two attached hydrogens (primary N) is 1. The highest BCUT2D eigenvalue weighted by molar-refractivity contribution is 6.12. The van der Waals surface area contributed by atoms with Crippen molar-refractivity contribution in [2.45, 2.75) is 12.3 Å². The van der Waals surface area contributed by atoms with Crippen molar-refractivity contribution in [2.24, 2.45) is 5.73 Å². The Bertz CT molecular complexity index is 1030. The molecule has 0 fully saturated rings. The number of benzene rings is 1. The molecule has 10 heteroatoms. The molecule has 1 aromatic carbocycles. The highest BCUT2D eigenvalue weighted by atomic mass is 19.1. The molecule has 1 aliphatic heterocycles. The molecule has 0 spiro atoms. The molecule has 0 saturated heterocycles. The number of halogens is 1. The van der Waals surface area contributed by atoms with Crippen molar-refractivity contribution in [3.05, 3.63) is 52.8 Å². The van der Waals surface area contributed by atoms with Gasteiger partial charge >= 0.3 is 11.9 Å². The first-order chi connectivity index (χ1) is 13.3. The fourth-order valence-electron chi connectivity index (χ4n) is 3.19. The predicted molar refractivity (Wildman–Crippen MR) is 91.4 cm³/mol. The summed E-state index contributed by atoms with van der Waals surface area (Å²) in [5.74, 6) is -3.19. The number of fused-ring (bicyclic) bond motifs is 1. The van der Waals surface area contributed by atoms with E-state index in [1.165, 1.54) is 35.9 Å². The number of nitriles is 1. The molecule has 28 heavy (non-hydrogen) atoms. The van der Waals surface area contributed by atoms with Gasteiger partial charge in [-0.05, 0) is 31.2 Å². The number of rotatable bonds is 3. The van der Waals surface area contributed by atoms with Gasteiger partial charge < -0.3 is 19.9 Å². The van der Waals surface area contributed by atoms with Gasteiger partial charge in [0.2, 0.25) is 17.2 Å². The molecule has 0 bridgehead atoms. The zero-order chi connectivity index (χ0) is 20.6. The predicted octanol–water partition coefficient (Wildman–Crippen LogP) is 0.990. The first-order valence-corrected chi connectivity index (χ1v) is 7.93. The molecule has 0 unspecified atom stereocenters. The SMILES string of the molecule is COC(=O)C1(C(=O)OC)C(C#N)=C(N)Oc2c1c(C)nn2-c1ccc(F)cc1. The molecule has 0 amide bonds. The van der Waals surface area contributed by atoms with Gasteiger partial charge in [-0.2, -0.15) is 10.4 Å². The van der Waals surface area contributed by atoms with Crippen LogP contribution in [0.5, 0.6) is 5.88 Å². The Morgan fingerprint density at radius 2 is 1.82 bits per heavy atom. The fourth-order valence-corrected chi connectivity index (χ4v) is 3.19. The summed E-state index contributed by atoms with van der Waals surface area (Å²) >= 11 is 0. The number of carbonyl (C=O) groups excluding carboxylic acids is 2. The Hall–Kier alpha value is -3.87. The lowest BCUT2D eigenvalue weighted by Crippen LogP contribution is -2.50. The summed E-state index contributed by atoms with van der Waals surface area (Å²) in [6, 6.07) is 6.99. The van der Waals surface area contributed by atoms with Crippen molar-refractivity contribution in [2.75, 3.05) is 14.2 Å². The average molecular weight is 386 g/mol. The van der Waals surface area contributed by atoms with Crippen molar-refractivity contribution in [3.8, 4) is 17.6 Å². The van der Waals surface area contributed by atoms with Gasteiger partial charge in [-0.3, -0.25) is 9.59 Å². The van der Waals surface area contributed by atoms with Crippen LogP contribution in [-0.2, 0) is 24.5 Å². The van der Waals surface area contributed by atoms with Gasteiger partial charge in [0.25, 0.3) is 0 Å². The second kappa shape index (κ2) is 6.70. The molecule has 2 aromatic rings. The number of aromatic nitrogens is 2. The van der Waals surface area contributed by atoms with Gasteiger partial charge in [-0.25, -0.2) is 9.07 Å². The number of ether oxygens (including phenoxy) is 3. The van der Waals surface area contributed by atoms with Crippen molar-refractivity contribution < 1.29 is 28.2 Å². The van der Waals surface area contributed by atoms with E-state index < -0.39 is 34.6 Å². The average Bonchev–Trinajstić information content (AvgIpc) is 3.02. The minimum Gasteiger partial charge on any atom is -0.468 e. The second-order valence-electron chi connectivity index (χ2n) is 5.84. The first kappa shape index (κ1) is 18.9. The molecular weight excluding hydrogens is 371 g/mol. The Morgan fingerprint density at radius 1 is 1.25 bits per heavy atom. The number of esters is 2. The highest BCUT2D eigenvalue weighted by Gasteiger charge is 2.61. The highest BCUT2D eigenvalue weighted by Crippen LogP contribution is 2.47. The van der Waals surface area contributed by atoms with Crippen molar-refractivity contribution in [3.63, 3.8) is 0 Å². The van der Waals surface area contributed by atoms with Crippen LogP contribution >= 0.6 is 0 Å². The van der Waals surface area contributed by atoms with Crippen LogP contribution in [0.15, 0.2) is 35.7 Å². The maximum atomic E-state index is 13.3. The minimum atomic E-state index is -2.31. The smallest absolute Gasteiger partial charge is 0.333 e. The summed E-state index contributed by atoms with van der Waals surface area (Å²) in [6.45, 7) is 1.51. The van der Waals surface area contributed by atoms with Crippen LogP contribution in [0, 0.1) is 24.1 Å². The van der Waals surface area contributed by atoms with E-state index in [9.17, 15) is 19.2 Å². The number of aryl methyl sites for hydroxylation is 1. The van der Waals surface area contributed by atoms with Crippen LogP contribution in [0.4, 0.5) is 4.39 Å². The van der Waals surface area contributed by atoms with Crippen LogP contribution in [0.2, 0.25) is 0 Å². The molecular formula is C18H15FN4O5. The zero-order valence-electron chi connectivity index (χ0n) is 15.1. The Morgan fingerprint density at radius 3 is 2.32 bits per heavy atom. The van der Waals surface area contributed by atoms with E-state index in [1.807, 2.05) is 0 Å². The molecule has 0 saturated carbocycles. The molecule has 3 rings (SSSR count). The Labute approximate surface area is 158 Å². The van der Waals surface area contributed by atoms with E-state index in [1.54, 1.807) is 6.07 Å². The monoisotopic (exact) mass is 386 g/mol. The van der Waals surface area contributed by atoms with Crippen LogP contribution < -0.4 is 10.5 Å². The summed E-state index contributed by atoms with van der Waals surface area (Å²) in [7, 11) is 2.13. The molecule has 144 valence electrons. The molecule has 0 radical (unpaired) electrons. The van der Waals surface area contributed by atoms with Crippen LogP contribution in [0.25, 0.3) is 5.69 Å². The lowest BCUT2D eigenvalue weighted by atomic mass is 9.73. The Balaban J connectivity index is 2.41. The third-order valence-corrected chi connectivity index (χ3v) is 4.39. The third-order valence-electron chi connectivity index (χ3n) is 4.39. The molecule has 0 aliphatic carbocycles. The van der Waals surface area contributed by atoms with Gasteiger partial charge in [0.15, 0.2) is 0 Å². The number of hydrogen-bond acceptors (Lipinski definition) is 8. The molecule has 1 aliphatic rings. The van der Waals surface area contributed by atoms with Gasteiger partial charge in [-0.1, -0.05) is 0 Å². The largest absolute Gasteiger partial charge is 0.468 e. The summed E-state index contributed by atoms with van der Waals surface area (Å²) in [5, 5.41) is 13.9. The normalized spacial score (nSPS) is 14.5. The first-order valence-electron chi connectivity index (χ1n) is 7.93. The molecule has 2 N–H and O–H groups in total. The van der Waals surface area contributed by atoms with E-state index in [0.717, 1.165) is 14.2 Å². The molecule has 1 aromatic heterocycles. The minimum absolute atomic E-state index is 0.0405. The van der Waals surface area contributed by atoms with Crippen molar-refractivity contribution in [1.82, 2.24) is 9.78 Å². The molecule has 2 heterocycles. The number of carbonyl (C=O) groups is 2. The van der Waals surface area contributed by atoms with Crippen LogP contribution in [0.1, 0.15) is 11.3 Å². The van der Waals surface area contributed by atoms with E-state index in [0.29, 0.717) is 5.69 Å². The van der Waals surface area contributed by atoms with E-state index in [2.05, 4.69) is 5.10 Å². The van der Waals surface area contributed by atoms with Crippen LogP contribution in [0.3, 0.4) is 0 Å². The zero-order valence-corrected chi connectivity index (χ0v) is 15.1. The summed E-state index contributed by atoms with van der Waals surface area (Å²) in [6.07, 6.45) is 0. The lowest BCUT2D eigenvalue weighted by Gasteiger charge is -2.32. The summed E-state index contributed by atoms with van der Waals surface area (Å²) < 4.78 is 29.7. The lowest BCUT2D eigenvalue weighted by molar-refractivity contribution is -0.160.